The van der Waals surface area contributed by atoms with Crippen molar-refractivity contribution in [1.82, 2.24) is 15.1 Å². The Kier molecular flexibility index (Phi) is 3.56. The minimum Gasteiger partial charge on any atom is -0.459 e. The van der Waals surface area contributed by atoms with Crippen LogP contribution in [0.1, 0.15) is 24.4 Å². The summed E-state index contributed by atoms with van der Waals surface area (Å²) < 4.78 is 7.91. The number of nitrogens with zero attached hydrogens (tertiary/aromatic N) is 2. The van der Waals surface area contributed by atoms with Crippen LogP contribution >= 0.6 is 0 Å². The predicted molar refractivity (Wildman–Crippen MR) is 79.6 cm³/mol. The molecule has 3 aromatic rings. The van der Waals surface area contributed by atoms with Crippen molar-refractivity contribution in [3.63, 3.8) is 0 Å². The first-order valence-corrected chi connectivity index (χ1v) is 6.98. The summed E-state index contributed by atoms with van der Waals surface area (Å²) in [6, 6.07) is 12.4. The molecule has 3 rings (SSSR count). The molecule has 20 heavy (non-hydrogen) atoms. The number of benzene rings is 1. The van der Waals surface area contributed by atoms with Gasteiger partial charge >= 0.3 is 0 Å². The molecule has 1 atom stereocenters. The first kappa shape index (κ1) is 12.9. The van der Waals surface area contributed by atoms with Crippen molar-refractivity contribution < 1.29 is 4.42 Å². The van der Waals surface area contributed by atoms with Gasteiger partial charge in [0.05, 0.1) is 18.3 Å². The molecule has 4 heteroatoms. The van der Waals surface area contributed by atoms with Crippen LogP contribution in [0.2, 0.25) is 0 Å². The van der Waals surface area contributed by atoms with E-state index in [1.54, 1.807) is 0 Å². The number of hydrogen-bond donors (Lipinski definition) is 1. The quantitative estimate of drug-likeness (QED) is 0.773. The molecule has 0 amide bonds. The van der Waals surface area contributed by atoms with Gasteiger partial charge in [-0.2, -0.15) is 5.10 Å². The van der Waals surface area contributed by atoms with Gasteiger partial charge in [-0.25, -0.2) is 0 Å². The molecule has 1 aromatic carbocycles. The lowest BCUT2D eigenvalue weighted by Crippen LogP contribution is -2.25. The fraction of sp³-hybridized carbons (Fsp3) is 0.312. The standard InChI is InChI=1S/C16H19N3O/c1-3-17-14(11-19-9-8-12(2)18-19)16-10-13-6-4-5-7-15(13)20-16/h4-10,14,17H,3,11H2,1-2H3. The molecule has 0 aliphatic heterocycles. The monoisotopic (exact) mass is 269 g/mol. The number of fused-ring (bicyclic) bond motifs is 1. The normalized spacial score (nSPS) is 12.9. The Morgan fingerprint density at radius 2 is 2.15 bits per heavy atom. The van der Waals surface area contributed by atoms with Gasteiger partial charge in [0.15, 0.2) is 0 Å². The van der Waals surface area contributed by atoms with Crippen molar-refractivity contribution in [3.05, 3.63) is 54.0 Å². The maximum Gasteiger partial charge on any atom is 0.134 e. The van der Waals surface area contributed by atoms with Gasteiger partial charge in [0, 0.05) is 11.6 Å². The molecule has 2 aromatic heterocycles. The molecule has 0 saturated heterocycles. The van der Waals surface area contributed by atoms with Crippen molar-refractivity contribution in [2.45, 2.75) is 26.4 Å². The second kappa shape index (κ2) is 5.51. The lowest BCUT2D eigenvalue weighted by Gasteiger charge is -2.15. The third-order valence-electron chi connectivity index (χ3n) is 3.38. The van der Waals surface area contributed by atoms with E-state index >= 15 is 0 Å². The van der Waals surface area contributed by atoms with Gasteiger partial charge in [0.25, 0.3) is 0 Å². The summed E-state index contributed by atoms with van der Waals surface area (Å²) in [4.78, 5) is 0. The van der Waals surface area contributed by atoms with Gasteiger partial charge in [-0.1, -0.05) is 25.1 Å². The molecule has 0 aliphatic rings. The lowest BCUT2D eigenvalue weighted by molar-refractivity contribution is 0.381. The summed E-state index contributed by atoms with van der Waals surface area (Å²) in [5.74, 6) is 0.959. The van der Waals surface area contributed by atoms with Gasteiger partial charge in [-0.05, 0) is 31.7 Å². The van der Waals surface area contributed by atoms with Crippen LogP contribution in [0.3, 0.4) is 0 Å². The highest BCUT2D eigenvalue weighted by Crippen LogP contribution is 2.24. The molecule has 0 radical (unpaired) electrons. The second-order valence-electron chi connectivity index (χ2n) is 4.98. The SMILES string of the molecule is CCNC(Cn1ccc(C)n1)c1cc2ccccc2o1. The molecule has 104 valence electrons. The lowest BCUT2D eigenvalue weighted by atomic mass is 10.2. The Morgan fingerprint density at radius 1 is 1.30 bits per heavy atom. The van der Waals surface area contributed by atoms with Crippen LogP contribution in [0.5, 0.6) is 0 Å². The van der Waals surface area contributed by atoms with Crippen LogP contribution in [-0.2, 0) is 6.54 Å². The van der Waals surface area contributed by atoms with E-state index in [2.05, 4.69) is 29.5 Å². The van der Waals surface area contributed by atoms with Crippen LogP contribution < -0.4 is 5.32 Å². The number of hydrogen-bond acceptors (Lipinski definition) is 3. The highest BCUT2D eigenvalue weighted by molar-refractivity contribution is 5.77. The Hall–Kier alpha value is -2.07. The zero-order valence-corrected chi connectivity index (χ0v) is 11.8. The maximum atomic E-state index is 5.96. The van der Waals surface area contributed by atoms with E-state index in [9.17, 15) is 0 Å². The van der Waals surface area contributed by atoms with Crippen molar-refractivity contribution in [2.75, 3.05) is 6.54 Å². The molecule has 0 saturated carbocycles. The van der Waals surface area contributed by atoms with Crippen LogP contribution in [0, 0.1) is 6.92 Å². The van der Waals surface area contributed by atoms with Crippen LogP contribution in [-0.4, -0.2) is 16.3 Å². The average Bonchev–Trinajstić information content (AvgIpc) is 3.04. The van der Waals surface area contributed by atoms with E-state index in [0.717, 1.165) is 35.5 Å². The van der Waals surface area contributed by atoms with Crippen molar-refractivity contribution in [3.8, 4) is 0 Å². The number of likely N-dealkylation sites (N-methyl/N-ethyl adjacent to an activating group) is 1. The highest BCUT2D eigenvalue weighted by atomic mass is 16.3. The largest absolute Gasteiger partial charge is 0.459 e. The van der Waals surface area contributed by atoms with Gasteiger partial charge in [-0.15, -0.1) is 0 Å². The van der Waals surface area contributed by atoms with Gasteiger partial charge < -0.3 is 9.73 Å². The summed E-state index contributed by atoms with van der Waals surface area (Å²) in [6.07, 6.45) is 2.00. The first-order chi connectivity index (χ1) is 9.76. The fourth-order valence-corrected chi connectivity index (χ4v) is 2.43. The third kappa shape index (κ3) is 2.60. The van der Waals surface area contributed by atoms with Crippen LogP contribution in [0.15, 0.2) is 47.0 Å². The summed E-state index contributed by atoms with van der Waals surface area (Å²) in [5.41, 5.74) is 1.96. The molecule has 1 unspecified atom stereocenters. The third-order valence-corrected chi connectivity index (χ3v) is 3.38. The Labute approximate surface area is 118 Å². The van der Waals surface area contributed by atoms with Crippen molar-refractivity contribution in [1.29, 1.82) is 0 Å². The second-order valence-corrected chi connectivity index (χ2v) is 4.98. The molecule has 0 bridgehead atoms. The zero-order valence-electron chi connectivity index (χ0n) is 11.8. The van der Waals surface area contributed by atoms with Gasteiger partial charge in [-0.3, -0.25) is 4.68 Å². The summed E-state index contributed by atoms with van der Waals surface area (Å²) in [6.45, 7) is 5.76. The first-order valence-electron chi connectivity index (χ1n) is 6.98. The van der Waals surface area contributed by atoms with Gasteiger partial charge in [0.1, 0.15) is 11.3 Å². The fourth-order valence-electron chi connectivity index (χ4n) is 2.43. The molecule has 0 spiro atoms. The van der Waals surface area contributed by atoms with E-state index < -0.39 is 0 Å². The summed E-state index contributed by atoms with van der Waals surface area (Å²) in [7, 11) is 0. The number of rotatable bonds is 5. The highest BCUT2D eigenvalue weighted by Gasteiger charge is 2.16. The average molecular weight is 269 g/mol. The molecule has 0 aliphatic carbocycles. The van der Waals surface area contributed by atoms with E-state index in [-0.39, 0.29) is 6.04 Å². The van der Waals surface area contributed by atoms with E-state index in [1.807, 2.05) is 42.1 Å². The Bertz CT molecular complexity index is 665. The number of nitrogens with one attached hydrogen (secondary N) is 1. The Balaban J connectivity index is 1.89. The minimum atomic E-state index is 0.131. The molecule has 0 fully saturated rings. The predicted octanol–water partition coefficient (Wildman–Crippen LogP) is 3.29. The molecular weight excluding hydrogens is 250 g/mol. The van der Waals surface area contributed by atoms with E-state index in [1.165, 1.54) is 0 Å². The number of para-hydroxylation sites is 1. The Morgan fingerprint density at radius 3 is 2.85 bits per heavy atom. The molecule has 1 N–H and O–H groups in total. The number of aryl methyl sites for hydroxylation is 1. The molecule has 2 heterocycles. The smallest absolute Gasteiger partial charge is 0.134 e. The van der Waals surface area contributed by atoms with Crippen LogP contribution in [0.25, 0.3) is 11.0 Å². The van der Waals surface area contributed by atoms with Crippen molar-refractivity contribution in [2.24, 2.45) is 0 Å². The zero-order chi connectivity index (χ0) is 13.9. The number of aromatic nitrogens is 2. The van der Waals surface area contributed by atoms with Crippen LogP contribution in [0.4, 0.5) is 0 Å². The molecule has 4 nitrogen and oxygen atoms in total. The van der Waals surface area contributed by atoms with Gasteiger partial charge in [0.2, 0.25) is 0 Å². The minimum absolute atomic E-state index is 0.131. The maximum absolute atomic E-state index is 5.96. The molecular formula is C16H19N3O. The van der Waals surface area contributed by atoms with E-state index in [4.69, 9.17) is 4.42 Å². The number of furan rings is 1. The van der Waals surface area contributed by atoms with E-state index in [0.29, 0.717) is 0 Å². The summed E-state index contributed by atoms with van der Waals surface area (Å²) in [5, 5.41) is 9.05. The van der Waals surface area contributed by atoms with Crippen molar-refractivity contribution >= 4 is 11.0 Å². The summed E-state index contributed by atoms with van der Waals surface area (Å²) >= 11 is 0. The topological polar surface area (TPSA) is 43.0 Å².